The number of phenols is 1. The molecule has 7 heteroatoms. The minimum atomic E-state index is -0.0921. The number of hydrogen-bond acceptors (Lipinski definition) is 7. The van der Waals surface area contributed by atoms with Crippen molar-refractivity contribution in [2.75, 3.05) is 12.4 Å². The van der Waals surface area contributed by atoms with Crippen LogP contribution in [-0.4, -0.2) is 44.3 Å². The zero-order valence-corrected chi connectivity index (χ0v) is 15.1. The van der Waals surface area contributed by atoms with Crippen molar-refractivity contribution in [3.63, 3.8) is 0 Å². The fraction of sp³-hybridized carbons (Fsp3) is 0.300. The Labute approximate surface area is 156 Å². The number of phenolic OH excluding ortho intramolecular Hbond substituents is 1. The Hall–Kier alpha value is -3.24. The van der Waals surface area contributed by atoms with Crippen molar-refractivity contribution in [2.24, 2.45) is 0 Å². The predicted octanol–water partition coefficient (Wildman–Crippen LogP) is 2.75. The maximum atomic E-state index is 10.4. The average Bonchev–Trinajstić information content (AvgIpc) is 2.67. The highest BCUT2D eigenvalue weighted by Crippen LogP contribution is 2.38. The van der Waals surface area contributed by atoms with Crippen molar-refractivity contribution in [3.8, 4) is 29.4 Å². The fourth-order valence-electron chi connectivity index (χ4n) is 3.48. The Morgan fingerprint density at radius 1 is 1.22 bits per heavy atom. The van der Waals surface area contributed by atoms with Crippen LogP contribution in [0, 0.1) is 12.3 Å². The summed E-state index contributed by atoms with van der Waals surface area (Å²) in [4.78, 5) is 0. The Balaban J connectivity index is 1.72. The Bertz CT molecular complexity index is 1050. The number of rotatable bonds is 4. The number of hydrogen-bond donors (Lipinski definition) is 2. The van der Waals surface area contributed by atoms with Crippen molar-refractivity contribution in [1.29, 1.82) is 0 Å². The second-order valence-corrected chi connectivity index (χ2v) is 6.99. The molecule has 1 aliphatic carbocycles. The molecule has 0 unspecified atom stereocenters. The fourth-order valence-corrected chi connectivity index (χ4v) is 3.48. The number of fused-ring (bicyclic) bond motifs is 1. The first-order valence-electron chi connectivity index (χ1n) is 8.62. The maximum Gasteiger partial charge on any atom is 0.158 e. The molecule has 2 aromatic heterocycles. The van der Waals surface area contributed by atoms with Crippen LogP contribution < -0.4 is 5.32 Å². The van der Waals surface area contributed by atoms with Crippen LogP contribution >= 0.6 is 0 Å². The molecule has 1 aliphatic rings. The molecule has 0 spiro atoms. The Morgan fingerprint density at radius 2 is 1.96 bits per heavy atom. The second-order valence-electron chi connectivity index (χ2n) is 6.99. The average molecular weight is 361 g/mol. The number of aromatic nitrogens is 4. The van der Waals surface area contributed by atoms with E-state index in [0.29, 0.717) is 22.6 Å². The van der Waals surface area contributed by atoms with Crippen molar-refractivity contribution < 1.29 is 9.84 Å². The van der Waals surface area contributed by atoms with Crippen LogP contribution in [-0.2, 0) is 4.74 Å². The second kappa shape index (κ2) is 6.49. The summed E-state index contributed by atoms with van der Waals surface area (Å²) in [6.07, 6.45) is 10.4. The molecule has 1 fully saturated rings. The van der Waals surface area contributed by atoms with Crippen molar-refractivity contribution >= 4 is 16.6 Å². The van der Waals surface area contributed by atoms with E-state index < -0.39 is 0 Å². The van der Waals surface area contributed by atoms with Gasteiger partial charge in [0, 0.05) is 29.7 Å². The SMILES string of the molecule is C#Cc1ccc(-c2nnc(NC3CC(C)(OC)C3)c3cnncc23)c(O)c1. The van der Waals surface area contributed by atoms with Gasteiger partial charge in [-0.1, -0.05) is 5.92 Å². The van der Waals surface area contributed by atoms with Gasteiger partial charge in [-0.2, -0.15) is 10.2 Å². The normalized spacial score (nSPS) is 21.4. The summed E-state index contributed by atoms with van der Waals surface area (Å²) in [5.74, 6) is 3.19. The summed E-state index contributed by atoms with van der Waals surface area (Å²) >= 11 is 0. The van der Waals surface area contributed by atoms with Gasteiger partial charge in [-0.15, -0.1) is 16.6 Å². The van der Waals surface area contributed by atoms with Crippen molar-refractivity contribution in [1.82, 2.24) is 20.4 Å². The van der Waals surface area contributed by atoms with Gasteiger partial charge in [-0.3, -0.25) is 0 Å². The molecule has 0 radical (unpaired) electrons. The maximum absolute atomic E-state index is 10.4. The van der Waals surface area contributed by atoms with E-state index in [2.05, 4.69) is 38.6 Å². The predicted molar refractivity (Wildman–Crippen MR) is 102 cm³/mol. The van der Waals surface area contributed by atoms with Crippen molar-refractivity contribution in [2.45, 2.75) is 31.4 Å². The number of aromatic hydroxyl groups is 1. The van der Waals surface area contributed by atoms with Gasteiger partial charge < -0.3 is 15.2 Å². The van der Waals surface area contributed by atoms with Gasteiger partial charge >= 0.3 is 0 Å². The number of methoxy groups -OCH3 is 1. The molecule has 0 aliphatic heterocycles. The first-order chi connectivity index (χ1) is 13.0. The molecule has 0 saturated heterocycles. The molecular weight excluding hydrogens is 342 g/mol. The lowest BCUT2D eigenvalue weighted by atomic mass is 9.77. The van der Waals surface area contributed by atoms with Gasteiger partial charge in [-0.05, 0) is 38.0 Å². The number of anilines is 1. The van der Waals surface area contributed by atoms with E-state index >= 15 is 0 Å². The summed E-state index contributed by atoms with van der Waals surface area (Å²) in [6.45, 7) is 2.09. The van der Waals surface area contributed by atoms with Gasteiger partial charge in [0.15, 0.2) is 5.82 Å². The van der Waals surface area contributed by atoms with Crippen molar-refractivity contribution in [3.05, 3.63) is 36.2 Å². The summed E-state index contributed by atoms with van der Waals surface area (Å²) < 4.78 is 5.50. The number of nitrogens with zero attached hydrogens (tertiary/aromatic N) is 4. The molecule has 1 aromatic carbocycles. The Kier molecular flexibility index (Phi) is 4.13. The molecule has 1 saturated carbocycles. The third-order valence-electron chi connectivity index (χ3n) is 5.10. The quantitative estimate of drug-likeness (QED) is 0.690. The van der Waals surface area contributed by atoms with E-state index in [1.165, 1.54) is 6.07 Å². The van der Waals surface area contributed by atoms with Crippen LogP contribution in [0.15, 0.2) is 30.6 Å². The molecule has 0 amide bonds. The van der Waals surface area contributed by atoms with E-state index in [1.807, 2.05) is 0 Å². The first kappa shape index (κ1) is 17.2. The molecule has 27 heavy (non-hydrogen) atoms. The van der Waals surface area contributed by atoms with E-state index in [4.69, 9.17) is 11.2 Å². The Morgan fingerprint density at radius 3 is 2.63 bits per heavy atom. The van der Waals surface area contributed by atoms with Gasteiger partial charge in [0.2, 0.25) is 0 Å². The molecule has 7 nitrogen and oxygen atoms in total. The summed E-state index contributed by atoms with van der Waals surface area (Å²) in [5.41, 5.74) is 1.58. The van der Waals surface area contributed by atoms with Gasteiger partial charge in [0.1, 0.15) is 11.4 Å². The number of terminal acetylenes is 1. The standard InChI is InChI=1S/C20H19N5O2/c1-4-12-5-6-14(17(26)7-12)18-15-10-21-22-11-16(15)19(25-24-18)23-13-8-20(2,9-13)27-3/h1,5-7,10-11,13,26H,8-9H2,2-3H3,(H,23,25). The lowest BCUT2D eigenvalue weighted by molar-refractivity contribution is -0.0625. The highest BCUT2D eigenvalue weighted by molar-refractivity contribution is 6.00. The first-order valence-corrected chi connectivity index (χ1v) is 8.62. The highest BCUT2D eigenvalue weighted by Gasteiger charge is 2.40. The minimum absolute atomic E-state index is 0.0495. The van der Waals surface area contributed by atoms with E-state index in [0.717, 1.165) is 23.6 Å². The highest BCUT2D eigenvalue weighted by atomic mass is 16.5. The molecular formula is C20H19N5O2. The van der Waals surface area contributed by atoms with Crippen LogP contribution in [0.3, 0.4) is 0 Å². The molecule has 0 bridgehead atoms. The topological polar surface area (TPSA) is 93.1 Å². The minimum Gasteiger partial charge on any atom is -0.507 e. The summed E-state index contributed by atoms with van der Waals surface area (Å²) in [6, 6.07) is 5.28. The number of nitrogens with one attached hydrogen (secondary N) is 1. The van der Waals surface area contributed by atoms with E-state index in [-0.39, 0.29) is 17.4 Å². The van der Waals surface area contributed by atoms with E-state index in [1.54, 1.807) is 31.6 Å². The largest absolute Gasteiger partial charge is 0.507 e. The van der Waals surface area contributed by atoms with Crippen LogP contribution in [0.1, 0.15) is 25.3 Å². The lowest BCUT2D eigenvalue weighted by Gasteiger charge is -2.44. The van der Waals surface area contributed by atoms with Gasteiger partial charge in [0.05, 0.1) is 23.4 Å². The van der Waals surface area contributed by atoms with E-state index in [9.17, 15) is 5.11 Å². The monoisotopic (exact) mass is 361 g/mol. The number of benzene rings is 1. The molecule has 2 heterocycles. The number of ether oxygens (including phenoxy) is 1. The molecule has 2 N–H and O–H groups in total. The molecule has 0 atom stereocenters. The molecule has 4 rings (SSSR count). The van der Waals surface area contributed by atoms with Gasteiger partial charge in [-0.25, -0.2) is 0 Å². The van der Waals surface area contributed by atoms with Crippen LogP contribution in [0.4, 0.5) is 5.82 Å². The summed E-state index contributed by atoms with van der Waals surface area (Å²) in [5, 5.41) is 31.9. The molecule has 3 aromatic rings. The molecule has 136 valence electrons. The lowest BCUT2D eigenvalue weighted by Crippen LogP contribution is -2.49. The zero-order chi connectivity index (χ0) is 19.0. The summed E-state index contributed by atoms with van der Waals surface area (Å²) in [7, 11) is 1.73. The third kappa shape index (κ3) is 3.04. The van der Waals surface area contributed by atoms with Crippen LogP contribution in [0.2, 0.25) is 0 Å². The third-order valence-corrected chi connectivity index (χ3v) is 5.10. The van der Waals surface area contributed by atoms with Crippen LogP contribution in [0.5, 0.6) is 5.75 Å². The van der Waals surface area contributed by atoms with Gasteiger partial charge in [0.25, 0.3) is 0 Å². The smallest absolute Gasteiger partial charge is 0.158 e. The zero-order valence-electron chi connectivity index (χ0n) is 15.1. The van der Waals surface area contributed by atoms with Crippen LogP contribution in [0.25, 0.3) is 22.0 Å².